The molecule has 0 radical (unpaired) electrons. The van der Waals surface area contributed by atoms with E-state index < -0.39 is 0 Å². The van der Waals surface area contributed by atoms with E-state index in [1.807, 2.05) is 24.3 Å². The number of rotatable bonds is 4. The molecule has 1 fully saturated rings. The van der Waals surface area contributed by atoms with Gasteiger partial charge >= 0.3 is 0 Å². The van der Waals surface area contributed by atoms with Crippen molar-refractivity contribution in [3.05, 3.63) is 48.2 Å². The van der Waals surface area contributed by atoms with Gasteiger partial charge in [0.1, 0.15) is 17.4 Å². The van der Waals surface area contributed by atoms with Crippen molar-refractivity contribution < 1.29 is 19.0 Å². The summed E-state index contributed by atoms with van der Waals surface area (Å²) in [6.45, 7) is 4.36. The molecule has 7 heteroatoms. The standard InChI is InChI=1S/C20H23N3O4/c1-25-16-6-4-15(5-7-16)23-14-17(13-22-9-11-26-12-10-22)27-19-18(20(23)24)3-2-8-21-19/h2-8,17H,9-14H2,1H3. The van der Waals surface area contributed by atoms with Crippen LogP contribution in [0.4, 0.5) is 5.69 Å². The number of morpholine rings is 1. The first kappa shape index (κ1) is 17.8. The number of pyridine rings is 1. The molecule has 0 bridgehead atoms. The maximum Gasteiger partial charge on any atom is 0.263 e. The molecule has 0 aliphatic carbocycles. The number of hydrogen-bond acceptors (Lipinski definition) is 6. The van der Waals surface area contributed by atoms with Gasteiger partial charge in [0, 0.05) is 31.5 Å². The van der Waals surface area contributed by atoms with E-state index >= 15 is 0 Å². The van der Waals surface area contributed by atoms with Gasteiger partial charge in [-0.05, 0) is 36.4 Å². The van der Waals surface area contributed by atoms with Crippen LogP contribution in [0.5, 0.6) is 11.6 Å². The smallest absolute Gasteiger partial charge is 0.263 e. The summed E-state index contributed by atoms with van der Waals surface area (Å²) >= 11 is 0. The van der Waals surface area contributed by atoms with E-state index in [1.165, 1.54) is 0 Å². The monoisotopic (exact) mass is 369 g/mol. The molecule has 0 spiro atoms. The van der Waals surface area contributed by atoms with Gasteiger partial charge in [0.2, 0.25) is 5.88 Å². The number of nitrogens with zero attached hydrogens (tertiary/aromatic N) is 3. The summed E-state index contributed by atoms with van der Waals surface area (Å²) in [5.74, 6) is 1.05. The molecule has 4 rings (SSSR count). The first-order valence-electron chi connectivity index (χ1n) is 9.12. The first-order valence-corrected chi connectivity index (χ1v) is 9.12. The summed E-state index contributed by atoms with van der Waals surface area (Å²) in [5, 5.41) is 0. The number of carbonyl (C=O) groups is 1. The molecule has 1 amide bonds. The molecule has 1 saturated heterocycles. The maximum absolute atomic E-state index is 13.2. The number of amides is 1. The molecule has 0 N–H and O–H groups in total. The van der Waals surface area contributed by atoms with E-state index in [1.54, 1.807) is 30.3 Å². The van der Waals surface area contributed by atoms with Gasteiger partial charge < -0.3 is 19.1 Å². The molecular weight excluding hydrogens is 346 g/mol. The van der Waals surface area contributed by atoms with Gasteiger partial charge in [-0.25, -0.2) is 4.98 Å². The van der Waals surface area contributed by atoms with Crippen LogP contribution in [0.15, 0.2) is 42.6 Å². The molecule has 1 aromatic carbocycles. The van der Waals surface area contributed by atoms with E-state index in [0.717, 1.165) is 44.3 Å². The Hall–Kier alpha value is -2.64. The minimum atomic E-state index is -0.176. The van der Waals surface area contributed by atoms with Crippen molar-refractivity contribution in [2.45, 2.75) is 6.10 Å². The van der Waals surface area contributed by atoms with Crippen LogP contribution < -0.4 is 14.4 Å². The van der Waals surface area contributed by atoms with Gasteiger partial charge in [-0.3, -0.25) is 9.69 Å². The lowest BCUT2D eigenvalue weighted by atomic mass is 10.2. The number of fused-ring (bicyclic) bond motifs is 1. The second-order valence-electron chi connectivity index (χ2n) is 6.62. The Labute approximate surface area is 158 Å². The summed E-state index contributed by atoms with van der Waals surface area (Å²) in [6.07, 6.45) is 1.48. The third-order valence-electron chi connectivity index (χ3n) is 4.86. The SMILES string of the molecule is COc1ccc(N2CC(CN3CCOCC3)Oc3ncccc3C2=O)cc1. The van der Waals surface area contributed by atoms with Crippen LogP contribution in [-0.4, -0.2) is 68.4 Å². The molecule has 27 heavy (non-hydrogen) atoms. The number of methoxy groups -OCH3 is 1. The molecule has 2 aromatic rings. The molecule has 1 aromatic heterocycles. The highest BCUT2D eigenvalue weighted by atomic mass is 16.5. The van der Waals surface area contributed by atoms with E-state index in [4.69, 9.17) is 14.2 Å². The zero-order chi connectivity index (χ0) is 18.6. The van der Waals surface area contributed by atoms with E-state index in [2.05, 4.69) is 9.88 Å². The normalized spacial score (nSPS) is 20.6. The fourth-order valence-electron chi connectivity index (χ4n) is 3.43. The molecule has 2 aliphatic rings. The van der Waals surface area contributed by atoms with E-state index in [0.29, 0.717) is 18.0 Å². The Kier molecular flexibility index (Phi) is 5.22. The van der Waals surface area contributed by atoms with Gasteiger partial charge in [-0.2, -0.15) is 0 Å². The fourth-order valence-corrected chi connectivity index (χ4v) is 3.43. The quantitative estimate of drug-likeness (QED) is 0.819. The lowest BCUT2D eigenvalue weighted by Crippen LogP contribution is -2.47. The molecule has 1 unspecified atom stereocenters. The van der Waals surface area contributed by atoms with Gasteiger partial charge in [0.05, 0.1) is 26.9 Å². The number of ether oxygens (including phenoxy) is 3. The molecule has 7 nitrogen and oxygen atoms in total. The Morgan fingerprint density at radius 3 is 2.70 bits per heavy atom. The fraction of sp³-hybridized carbons (Fsp3) is 0.400. The summed E-state index contributed by atoms with van der Waals surface area (Å²) in [4.78, 5) is 21.5. The molecular formula is C20H23N3O4. The molecule has 142 valence electrons. The zero-order valence-electron chi connectivity index (χ0n) is 15.3. The van der Waals surface area contributed by atoms with Crippen LogP contribution in [-0.2, 0) is 4.74 Å². The van der Waals surface area contributed by atoms with Crippen molar-refractivity contribution in [1.29, 1.82) is 0 Å². The predicted octanol–water partition coefficient (Wildman–Crippen LogP) is 1.83. The lowest BCUT2D eigenvalue weighted by molar-refractivity contribution is 0.0202. The van der Waals surface area contributed by atoms with Crippen molar-refractivity contribution in [1.82, 2.24) is 9.88 Å². The van der Waals surface area contributed by atoms with Crippen molar-refractivity contribution >= 4 is 11.6 Å². The maximum atomic E-state index is 13.2. The highest BCUT2D eigenvalue weighted by Crippen LogP contribution is 2.28. The second kappa shape index (κ2) is 7.94. The lowest BCUT2D eigenvalue weighted by Gasteiger charge is -2.31. The Morgan fingerprint density at radius 2 is 1.96 bits per heavy atom. The van der Waals surface area contributed by atoms with Crippen LogP contribution in [0.1, 0.15) is 10.4 Å². The zero-order valence-corrected chi connectivity index (χ0v) is 15.3. The minimum Gasteiger partial charge on any atom is -0.497 e. The van der Waals surface area contributed by atoms with Crippen LogP contribution in [0.2, 0.25) is 0 Å². The number of hydrogen-bond donors (Lipinski definition) is 0. The predicted molar refractivity (Wildman–Crippen MR) is 101 cm³/mol. The molecule has 1 atom stereocenters. The highest BCUT2D eigenvalue weighted by molar-refractivity contribution is 6.07. The molecule has 3 heterocycles. The summed E-state index contributed by atoms with van der Waals surface area (Å²) in [5.41, 5.74) is 1.30. The second-order valence-corrected chi connectivity index (χ2v) is 6.62. The number of anilines is 1. The Morgan fingerprint density at radius 1 is 1.19 bits per heavy atom. The number of benzene rings is 1. The minimum absolute atomic E-state index is 0.104. The average molecular weight is 369 g/mol. The van der Waals surface area contributed by atoms with E-state index in [-0.39, 0.29) is 12.0 Å². The van der Waals surface area contributed by atoms with Crippen LogP contribution in [0.3, 0.4) is 0 Å². The number of carbonyl (C=O) groups excluding carboxylic acids is 1. The van der Waals surface area contributed by atoms with Crippen LogP contribution in [0, 0.1) is 0 Å². The van der Waals surface area contributed by atoms with Crippen LogP contribution >= 0.6 is 0 Å². The third-order valence-corrected chi connectivity index (χ3v) is 4.86. The van der Waals surface area contributed by atoms with Gasteiger partial charge in [0.25, 0.3) is 5.91 Å². The molecule has 0 saturated carbocycles. The van der Waals surface area contributed by atoms with Gasteiger partial charge in [0.15, 0.2) is 0 Å². The van der Waals surface area contributed by atoms with Crippen LogP contribution in [0.25, 0.3) is 0 Å². The van der Waals surface area contributed by atoms with Crippen molar-refractivity contribution in [3.8, 4) is 11.6 Å². The largest absolute Gasteiger partial charge is 0.497 e. The average Bonchev–Trinajstić information content (AvgIpc) is 2.86. The third kappa shape index (κ3) is 3.89. The summed E-state index contributed by atoms with van der Waals surface area (Å²) in [7, 11) is 1.63. The first-order chi connectivity index (χ1) is 13.2. The van der Waals surface area contributed by atoms with Crippen molar-refractivity contribution in [2.24, 2.45) is 0 Å². The van der Waals surface area contributed by atoms with Crippen molar-refractivity contribution in [3.63, 3.8) is 0 Å². The Bertz CT molecular complexity index is 790. The summed E-state index contributed by atoms with van der Waals surface area (Å²) < 4.78 is 16.8. The highest BCUT2D eigenvalue weighted by Gasteiger charge is 2.32. The number of aromatic nitrogens is 1. The topological polar surface area (TPSA) is 64.1 Å². The summed E-state index contributed by atoms with van der Waals surface area (Å²) in [6, 6.07) is 11.0. The van der Waals surface area contributed by atoms with Crippen molar-refractivity contribution in [2.75, 3.05) is 51.4 Å². The Balaban J connectivity index is 1.63. The van der Waals surface area contributed by atoms with Gasteiger partial charge in [-0.15, -0.1) is 0 Å². The van der Waals surface area contributed by atoms with E-state index in [9.17, 15) is 4.79 Å². The van der Waals surface area contributed by atoms with Gasteiger partial charge in [-0.1, -0.05) is 0 Å². The molecule has 2 aliphatic heterocycles.